The molecular formula is C22H30N8O. The van der Waals surface area contributed by atoms with Crippen LogP contribution in [0, 0.1) is 13.8 Å². The molecule has 4 heterocycles. The van der Waals surface area contributed by atoms with E-state index in [0.29, 0.717) is 12.5 Å². The summed E-state index contributed by atoms with van der Waals surface area (Å²) in [6.07, 6.45) is 4.50. The first-order valence-electron chi connectivity index (χ1n) is 10.5. The summed E-state index contributed by atoms with van der Waals surface area (Å²) in [5.74, 6) is 2.37. The molecule has 9 nitrogen and oxygen atoms in total. The molecule has 3 N–H and O–H groups in total. The Bertz CT molecular complexity index is 1090. The second-order valence-electron chi connectivity index (χ2n) is 8.71. The zero-order valence-corrected chi connectivity index (χ0v) is 18.8. The molecule has 4 rings (SSSR count). The Morgan fingerprint density at radius 2 is 2.03 bits per heavy atom. The van der Waals surface area contributed by atoms with Crippen molar-refractivity contribution in [2.75, 3.05) is 28.6 Å². The molecule has 0 saturated carbocycles. The van der Waals surface area contributed by atoms with E-state index < -0.39 is 5.60 Å². The number of aromatic nitrogens is 5. The van der Waals surface area contributed by atoms with Crippen LogP contribution in [0.25, 0.3) is 0 Å². The first kappa shape index (κ1) is 21.0. The van der Waals surface area contributed by atoms with Gasteiger partial charge in [0.15, 0.2) is 0 Å². The van der Waals surface area contributed by atoms with Gasteiger partial charge in [-0.3, -0.25) is 9.67 Å². The van der Waals surface area contributed by atoms with Crippen LogP contribution in [0.4, 0.5) is 23.3 Å². The highest BCUT2D eigenvalue weighted by Gasteiger charge is 2.22. The van der Waals surface area contributed by atoms with E-state index in [1.807, 2.05) is 26.2 Å². The number of nitrogens with one attached hydrogen (secondary N) is 2. The number of rotatable bonds is 6. The quantitative estimate of drug-likeness (QED) is 0.557. The van der Waals surface area contributed by atoms with Crippen molar-refractivity contribution in [2.45, 2.75) is 46.3 Å². The summed E-state index contributed by atoms with van der Waals surface area (Å²) >= 11 is 0. The van der Waals surface area contributed by atoms with Crippen molar-refractivity contribution in [1.29, 1.82) is 0 Å². The second-order valence-corrected chi connectivity index (χ2v) is 8.71. The fourth-order valence-electron chi connectivity index (χ4n) is 3.62. The first-order valence-corrected chi connectivity index (χ1v) is 10.5. The fraction of sp³-hybridized carbons (Fsp3) is 0.455. The van der Waals surface area contributed by atoms with E-state index in [0.717, 1.165) is 53.8 Å². The van der Waals surface area contributed by atoms with E-state index in [1.54, 1.807) is 24.7 Å². The SMILES string of the molecule is Cc1nc(NCC(C)(C)O)nc(N2CCc3ncc(Nc4ccnn4C)cc3C2)c1C. The largest absolute Gasteiger partial charge is 0.389 e. The Hall–Kier alpha value is -3.20. The lowest BCUT2D eigenvalue weighted by Crippen LogP contribution is -2.33. The smallest absolute Gasteiger partial charge is 0.224 e. The molecule has 0 bridgehead atoms. The Balaban J connectivity index is 1.57. The fourth-order valence-corrected chi connectivity index (χ4v) is 3.62. The van der Waals surface area contributed by atoms with Gasteiger partial charge >= 0.3 is 0 Å². The molecule has 0 spiro atoms. The highest BCUT2D eigenvalue weighted by Crippen LogP contribution is 2.28. The lowest BCUT2D eigenvalue weighted by Gasteiger charge is -2.31. The summed E-state index contributed by atoms with van der Waals surface area (Å²) in [6.45, 7) is 9.51. The molecule has 0 aliphatic carbocycles. The Labute approximate surface area is 182 Å². The lowest BCUT2D eigenvalue weighted by atomic mass is 10.0. The number of nitrogens with zero attached hydrogens (tertiary/aromatic N) is 6. The molecule has 1 aliphatic rings. The lowest BCUT2D eigenvalue weighted by molar-refractivity contribution is 0.0943. The predicted octanol–water partition coefficient (Wildman–Crippen LogP) is 2.71. The summed E-state index contributed by atoms with van der Waals surface area (Å²) in [5.41, 5.74) is 4.39. The molecule has 3 aromatic rings. The number of hydrogen-bond donors (Lipinski definition) is 3. The molecule has 31 heavy (non-hydrogen) atoms. The summed E-state index contributed by atoms with van der Waals surface area (Å²) in [5, 5.41) is 20.8. The Morgan fingerprint density at radius 3 is 2.74 bits per heavy atom. The number of fused-ring (bicyclic) bond motifs is 1. The van der Waals surface area contributed by atoms with Gasteiger partial charge in [0.05, 0.1) is 23.7 Å². The van der Waals surface area contributed by atoms with Crippen LogP contribution in [-0.4, -0.2) is 48.5 Å². The molecule has 0 unspecified atom stereocenters. The van der Waals surface area contributed by atoms with Crippen LogP contribution >= 0.6 is 0 Å². The average Bonchev–Trinajstić information content (AvgIpc) is 3.12. The van der Waals surface area contributed by atoms with Crippen LogP contribution < -0.4 is 15.5 Å². The molecule has 1 aliphatic heterocycles. The summed E-state index contributed by atoms with van der Waals surface area (Å²) in [6, 6.07) is 4.08. The average molecular weight is 423 g/mol. The van der Waals surface area contributed by atoms with E-state index >= 15 is 0 Å². The minimum absolute atomic E-state index is 0.380. The van der Waals surface area contributed by atoms with Crippen molar-refractivity contribution in [3.8, 4) is 0 Å². The molecule has 0 atom stereocenters. The van der Waals surface area contributed by atoms with Crippen molar-refractivity contribution < 1.29 is 5.11 Å². The van der Waals surface area contributed by atoms with Gasteiger partial charge in [-0.25, -0.2) is 4.98 Å². The van der Waals surface area contributed by atoms with Crippen molar-refractivity contribution in [2.24, 2.45) is 7.05 Å². The summed E-state index contributed by atoms with van der Waals surface area (Å²) in [4.78, 5) is 16.3. The molecule has 0 radical (unpaired) electrons. The predicted molar refractivity (Wildman–Crippen MR) is 122 cm³/mol. The topological polar surface area (TPSA) is 104 Å². The zero-order valence-electron chi connectivity index (χ0n) is 18.8. The summed E-state index contributed by atoms with van der Waals surface area (Å²) < 4.78 is 1.79. The number of hydrogen-bond acceptors (Lipinski definition) is 8. The van der Waals surface area contributed by atoms with E-state index in [-0.39, 0.29) is 0 Å². The molecule has 0 aromatic carbocycles. The maximum Gasteiger partial charge on any atom is 0.224 e. The van der Waals surface area contributed by atoms with Crippen molar-refractivity contribution >= 4 is 23.3 Å². The van der Waals surface area contributed by atoms with Crippen LogP contribution in [0.15, 0.2) is 24.5 Å². The van der Waals surface area contributed by atoms with E-state index in [4.69, 9.17) is 4.98 Å². The van der Waals surface area contributed by atoms with Gasteiger partial charge in [-0.15, -0.1) is 0 Å². The second kappa shape index (κ2) is 8.14. The van der Waals surface area contributed by atoms with Gasteiger partial charge in [-0.1, -0.05) is 0 Å². The van der Waals surface area contributed by atoms with Gasteiger partial charge in [0.2, 0.25) is 5.95 Å². The van der Waals surface area contributed by atoms with Crippen molar-refractivity contribution in [3.05, 3.63) is 47.0 Å². The van der Waals surface area contributed by atoms with Crippen LogP contribution in [-0.2, 0) is 20.0 Å². The first-order chi connectivity index (χ1) is 14.7. The van der Waals surface area contributed by atoms with Crippen LogP contribution in [0.3, 0.4) is 0 Å². The highest BCUT2D eigenvalue weighted by molar-refractivity contribution is 5.58. The standard InChI is InChI=1S/C22H30N8O/c1-14-15(2)26-21(24-13-22(3,4)31)28-20(14)30-9-7-18-16(12-30)10-17(11-23-18)27-19-6-8-25-29(19)5/h6,8,10-11,27,31H,7,9,12-13H2,1-5H3,(H,24,26,28). The molecule has 3 aromatic heterocycles. The monoisotopic (exact) mass is 422 g/mol. The Kier molecular flexibility index (Phi) is 5.53. The third kappa shape index (κ3) is 4.77. The third-order valence-corrected chi connectivity index (χ3v) is 5.48. The van der Waals surface area contributed by atoms with Gasteiger partial charge in [0.25, 0.3) is 0 Å². The number of aryl methyl sites for hydroxylation is 2. The minimum Gasteiger partial charge on any atom is -0.389 e. The normalized spacial score (nSPS) is 13.8. The minimum atomic E-state index is -0.838. The van der Waals surface area contributed by atoms with Crippen molar-refractivity contribution in [1.82, 2.24) is 24.7 Å². The van der Waals surface area contributed by atoms with E-state index in [9.17, 15) is 5.11 Å². The third-order valence-electron chi connectivity index (χ3n) is 5.48. The van der Waals surface area contributed by atoms with Gasteiger partial charge in [0, 0.05) is 56.1 Å². The maximum atomic E-state index is 10.0. The summed E-state index contributed by atoms with van der Waals surface area (Å²) in [7, 11) is 1.90. The Morgan fingerprint density at radius 1 is 1.23 bits per heavy atom. The van der Waals surface area contributed by atoms with Crippen molar-refractivity contribution in [3.63, 3.8) is 0 Å². The maximum absolute atomic E-state index is 10.0. The number of pyridine rings is 1. The molecule has 164 valence electrons. The van der Waals surface area contributed by atoms with Gasteiger partial charge < -0.3 is 20.6 Å². The molecule has 0 fully saturated rings. The van der Waals surface area contributed by atoms with Crippen LogP contribution in [0.5, 0.6) is 0 Å². The molecular weight excluding hydrogens is 392 g/mol. The zero-order chi connectivity index (χ0) is 22.2. The number of anilines is 4. The van der Waals surface area contributed by atoms with Gasteiger partial charge in [0.1, 0.15) is 11.6 Å². The number of aliphatic hydroxyl groups is 1. The van der Waals surface area contributed by atoms with Gasteiger partial charge in [-0.2, -0.15) is 10.1 Å². The van der Waals surface area contributed by atoms with E-state index in [1.165, 1.54) is 5.56 Å². The molecule has 0 saturated heterocycles. The van der Waals surface area contributed by atoms with Crippen LogP contribution in [0.2, 0.25) is 0 Å². The van der Waals surface area contributed by atoms with E-state index in [2.05, 4.69) is 43.6 Å². The van der Waals surface area contributed by atoms with Crippen LogP contribution in [0.1, 0.15) is 36.4 Å². The molecule has 0 amide bonds. The highest BCUT2D eigenvalue weighted by atomic mass is 16.3. The molecule has 9 heteroatoms. The van der Waals surface area contributed by atoms with Gasteiger partial charge in [-0.05, 0) is 39.3 Å².